The Kier molecular flexibility index (Phi) is 5.50. The quantitative estimate of drug-likeness (QED) is 0.864. The zero-order valence-corrected chi connectivity index (χ0v) is 15.3. The molecule has 0 bridgehead atoms. The molecule has 1 atom stereocenters. The third-order valence-corrected chi connectivity index (χ3v) is 5.31. The number of rotatable bonds is 6. The van der Waals surface area contributed by atoms with Crippen molar-refractivity contribution in [2.45, 2.75) is 19.4 Å². The molecule has 1 aliphatic heterocycles. The highest BCUT2D eigenvalue weighted by Gasteiger charge is 2.31. The van der Waals surface area contributed by atoms with E-state index in [9.17, 15) is 9.59 Å². The van der Waals surface area contributed by atoms with E-state index in [2.05, 4.69) is 5.32 Å². The number of hydrogen-bond acceptors (Lipinski definition) is 4. The lowest BCUT2D eigenvalue weighted by Gasteiger charge is -2.16. The molecule has 1 N–H and O–H groups in total. The second kappa shape index (κ2) is 7.80. The van der Waals surface area contributed by atoms with Crippen molar-refractivity contribution in [3.8, 4) is 11.1 Å². The molecule has 0 saturated carbocycles. The maximum absolute atomic E-state index is 12.8. The monoisotopic (exact) mass is 358 g/mol. The Morgan fingerprint density at radius 3 is 2.84 bits per heavy atom. The fourth-order valence-corrected chi connectivity index (χ4v) is 4.00. The Labute approximate surface area is 151 Å². The van der Waals surface area contributed by atoms with E-state index in [1.54, 1.807) is 23.3 Å². The molecule has 2 amide bonds. The van der Waals surface area contributed by atoms with E-state index >= 15 is 0 Å². The van der Waals surface area contributed by atoms with Gasteiger partial charge >= 0.3 is 0 Å². The van der Waals surface area contributed by atoms with E-state index in [4.69, 9.17) is 4.74 Å². The summed E-state index contributed by atoms with van der Waals surface area (Å²) >= 11 is 1.57. The van der Waals surface area contributed by atoms with Gasteiger partial charge in [0.25, 0.3) is 5.91 Å². The summed E-state index contributed by atoms with van der Waals surface area (Å²) < 4.78 is 5.03. The Morgan fingerprint density at radius 1 is 1.36 bits per heavy atom. The number of benzene rings is 1. The predicted octanol–water partition coefficient (Wildman–Crippen LogP) is 2.70. The molecule has 1 saturated heterocycles. The molecule has 3 rings (SSSR count). The third-order valence-electron chi connectivity index (χ3n) is 4.40. The molecule has 1 aliphatic rings. The van der Waals surface area contributed by atoms with Gasteiger partial charge in [-0.2, -0.15) is 0 Å². The Bertz CT molecular complexity index is 757. The minimum absolute atomic E-state index is 0.0622. The van der Waals surface area contributed by atoms with Gasteiger partial charge in [0.2, 0.25) is 5.91 Å². The lowest BCUT2D eigenvalue weighted by atomic mass is 10.0. The van der Waals surface area contributed by atoms with E-state index < -0.39 is 0 Å². The van der Waals surface area contributed by atoms with Crippen LogP contribution in [0.1, 0.15) is 21.7 Å². The van der Waals surface area contributed by atoms with Crippen LogP contribution in [0.2, 0.25) is 0 Å². The summed E-state index contributed by atoms with van der Waals surface area (Å²) in [6, 6.07) is 9.77. The van der Waals surface area contributed by atoms with E-state index in [0.29, 0.717) is 31.7 Å². The third kappa shape index (κ3) is 3.91. The second-order valence-corrected chi connectivity index (χ2v) is 7.24. The SMILES string of the molecule is COCCN1CC(NC(=O)c2csc(C)c2-c2ccccc2)CC1=O. The van der Waals surface area contributed by atoms with Gasteiger partial charge in [0.15, 0.2) is 0 Å². The lowest BCUT2D eigenvalue weighted by Crippen LogP contribution is -2.37. The van der Waals surface area contributed by atoms with E-state index in [0.717, 1.165) is 16.0 Å². The molecule has 2 aromatic rings. The first-order valence-corrected chi connectivity index (χ1v) is 9.19. The minimum Gasteiger partial charge on any atom is -0.383 e. The van der Waals surface area contributed by atoms with Crippen molar-refractivity contribution in [3.63, 3.8) is 0 Å². The molecule has 1 aromatic carbocycles. The van der Waals surface area contributed by atoms with Gasteiger partial charge in [-0.05, 0) is 12.5 Å². The van der Waals surface area contributed by atoms with Crippen molar-refractivity contribution in [2.24, 2.45) is 0 Å². The van der Waals surface area contributed by atoms with Crippen molar-refractivity contribution in [2.75, 3.05) is 26.8 Å². The van der Waals surface area contributed by atoms with Crippen LogP contribution in [0, 0.1) is 6.92 Å². The number of carbonyl (C=O) groups is 2. The summed E-state index contributed by atoms with van der Waals surface area (Å²) in [5.74, 6) is -0.0540. The van der Waals surface area contributed by atoms with Gasteiger partial charge in [0.05, 0.1) is 18.2 Å². The van der Waals surface area contributed by atoms with E-state index in [-0.39, 0.29) is 17.9 Å². The largest absolute Gasteiger partial charge is 0.383 e. The van der Waals surface area contributed by atoms with Crippen LogP contribution in [0.3, 0.4) is 0 Å². The summed E-state index contributed by atoms with van der Waals surface area (Å²) in [4.78, 5) is 27.7. The van der Waals surface area contributed by atoms with Crippen LogP contribution in [0.4, 0.5) is 0 Å². The topological polar surface area (TPSA) is 58.6 Å². The Hall–Kier alpha value is -2.18. The standard InChI is InChI=1S/C19H22N2O3S/c1-13-18(14-6-4-3-5-7-14)16(12-25-13)19(23)20-15-10-17(22)21(11-15)8-9-24-2/h3-7,12,15H,8-11H2,1-2H3,(H,20,23). The highest BCUT2D eigenvalue weighted by Crippen LogP contribution is 2.32. The molecule has 6 heteroatoms. The average molecular weight is 358 g/mol. The molecule has 1 aromatic heterocycles. The van der Waals surface area contributed by atoms with Crippen LogP contribution in [0.15, 0.2) is 35.7 Å². The van der Waals surface area contributed by atoms with Crippen LogP contribution in [-0.2, 0) is 9.53 Å². The summed E-state index contributed by atoms with van der Waals surface area (Å²) in [6.07, 6.45) is 0.346. The van der Waals surface area contributed by atoms with Gasteiger partial charge in [-0.1, -0.05) is 30.3 Å². The number of likely N-dealkylation sites (tertiary alicyclic amines) is 1. The van der Waals surface area contributed by atoms with E-state index in [1.165, 1.54) is 0 Å². The molecule has 0 aliphatic carbocycles. The zero-order chi connectivity index (χ0) is 17.8. The Morgan fingerprint density at radius 2 is 2.12 bits per heavy atom. The van der Waals surface area contributed by atoms with Gasteiger partial charge in [-0.25, -0.2) is 0 Å². The van der Waals surface area contributed by atoms with Crippen molar-refractivity contribution in [1.29, 1.82) is 0 Å². The molecule has 2 heterocycles. The smallest absolute Gasteiger partial charge is 0.253 e. The van der Waals surface area contributed by atoms with Gasteiger partial charge < -0.3 is 15.0 Å². The number of thiophene rings is 1. The van der Waals surface area contributed by atoms with Gasteiger partial charge in [-0.15, -0.1) is 11.3 Å². The van der Waals surface area contributed by atoms with Crippen LogP contribution < -0.4 is 5.32 Å². The van der Waals surface area contributed by atoms with Crippen molar-refractivity contribution in [3.05, 3.63) is 46.2 Å². The highest BCUT2D eigenvalue weighted by atomic mass is 32.1. The molecule has 1 unspecified atom stereocenters. The molecule has 5 nitrogen and oxygen atoms in total. The van der Waals surface area contributed by atoms with Gasteiger partial charge in [-0.3, -0.25) is 9.59 Å². The van der Waals surface area contributed by atoms with Gasteiger partial charge in [0.1, 0.15) is 0 Å². The maximum Gasteiger partial charge on any atom is 0.253 e. The van der Waals surface area contributed by atoms with Crippen LogP contribution in [0.25, 0.3) is 11.1 Å². The van der Waals surface area contributed by atoms with Crippen molar-refractivity contribution >= 4 is 23.2 Å². The van der Waals surface area contributed by atoms with Crippen LogP contribution >= 0.6 is 11.3 Å². The fraction of sp³-hybridized carbons (Fsp3) is 0.368. The second-order valence-electron chi connectivity index (χ2n) is 6.15. The first kappa shape index (κ1) is 17.6. The van der Waals surface area contributed by atoms with E-state index in [1.807, 2.05) is 42.6 Å². The molecular formula is C19H22N2O3S. The molecular weight excluding hydrogens is 336 g/mol. The number of ether oxygens (including phenoxy) is 1. The molecule has 0 radical (unpaired) electrons. The number of methoxy groups -OCH3 is 1. The lowest BCUT2D eigenvalue weighted by molar-refractivity contribution is -0.128. The number of carbonyl (C=O) groups excluding carboxylic acids is 2. The number of amides is 2. The van der Waals surface area contributed by atoms with Crippen LogP contribution in [-0.4, -0.2) is 49.6 Å². The van der Waals surface area contributed by atoms with Crippen molar-refractivity contribution in [1.82, 2.24) is 10.2 Å². The average Bonchev–Trinajstić information content (AvgIpc) is 3.16. The number of aryl methyl sites for hydroxylation is 1. The summed E-state index contributed by atoms with van der Waals surface area (Å²) in [5.41, 5.74) is 2.69. The number of nitrogens with one attached hydrogen (secondary N) is 1. The number of hydrogen-bond donors (Lipinski definition) is 1. The van der Waals surface area contributed by atoms with Gasteiger partial charge in [0, 0.05) is 42.4 Å². The fourth-order valence-electron chi connectivity index (χ4n) is 3.14. The summed E-state index contributed by atoms with van der Waals surface area (Å²) in [7, 11) is 1.61. The molecule has 0 spiro atoms. The maximum atomic E-state index is 12.8. The molecule has 1 fully saturated rings. The molecule has 25 heavy (non-hydrogen) atoms. The van der Waals surface area contributed by atoms with Crippen molar-refractivity contribution < 1.29 is 14.3 Å². The summed E-state index contributed by atoms with van der Waals surface area (Å²) in [5, 5.41) is 4.92. The highest BCUT2D eigenvalue weighted by molar-refractivity contribution is 7.10. The summed E-state index contributed by atoms with van der Waals surface area (Å²) in [6.45, 7) is 3.63. The first-order valence-electron chi connectivity index (χ1n) is 8.31. The normalized spacial score (nSPS) is 17.1. The zero-order valence-electron chi connectivity index (χ0n) is 14.5. The Balaban J connectivity index is 1.72. The number of nitrogens with zero attached hydrogens (tertiary/aromatic N) is 1. The van der Waals surface area contributed by atoms with Crippen LogP contribution in [0.5, 0.6) is 0 Å². The first-order chi connectivity index (χ1) is 12.1. The molecule has 132 valence electrons. The predicted molar refractivity (Wildman–Crippen MR) is 98.8 cm³/mol. The minimum atomic E-state index is -0.152.